The van der Waals surface area contributed by atoms with E-state index >= 15 is 0 Å². The van der Waals surface area contributed by atoms with Crippen LogP contribution in [0.25, 0.3) is 0 Å². The van der Waals surface area contributed by atoms with E-state index in [2.05, 4.69) is 230 Å². The zero-order valence-electron chi connectivity index (χ0n) is 61.5. The third-order valence-corrected chi connectivity index (χ3v) is 19.2. The van der Waals surface area contributed by atoms with Crippen molar-refractivity contribution in [2.75, 3.05) is 52.9 Å². The molecule has 0 spiro atoms. The topological polar surface area (TPSA) is 147 Å². The lowest BCUT2D eigenvalue weighted by molar-refractivity contribution is 0.00484. The molecular weight excluding hydrogens is 1180 g/mol. The summed E-state index contributed by atoms with van der Waals surface area (Å²) in [6, 6.07) is 29.9. The van der Waals surface area contributed by atoms with Gasteiger partial charge in [0.05, 0.1) is 39.6 Å². The van der Waals surface area contributed by atoms with E-state index < -0.39 is 0 Å². The van der Waals surface area contributed by atoms with Crippen molar-refractivity contribution in [3.05, 3.63) is 202 Å². The number of aromatic hydroxyl groups is 5. The number of hydrogen-bond donors (Lipinski definition) is 5. The summed E-state index contributed by atoms with van der Waals surface area (Å²) in [6.07, 6.45) is 1.93. The first-order valence-corrected chi connectivity index (χ1v) is 34.6. The Morgan fingerprint density at radius 2 is 0.326 bits per heavy atom. The molecule has 0 fully saturated rings. The average molecular weight is 1290 g/mol. The van der Waals surface area contributed by atoms with E-state index in [0.29, 0.717) is 108 Å². The lowest BCUT2D eigenvalue weighted by Crippen LogP contribution is -2.18. The molecule has 95 heavy (non-hydrogen) atoms. The minimum atomic E-state index is -0.339. The molecule has 1 aliphatic carbocycles. The maximum atomic E-state index is 13.1. The molecule has 512 valence electrons. The van der Waals surface area contributed by atoms with Crippen molar-refractivity contribution in [3.63, 3.8) is 0 Å². The monoisotopic (exact) mass is 1290 g/mol. The number of ether oxygens (including phenoxy) is 5. The zero-order valence-corrected chi connectivity index (χ0v) is 61.5. The average Bonchev–Trinajstić information content (AvgIpc) is 0.779. The highest BCUT2D eigenvalue weighted by Gasteiger charge is 2.31. The van der Waals surface area contributed by atoms with Crippen molar-refractivity contribution in [2.24, 2.45) is 0 Å². The molecule has 10 nitrogen and oxygen atoms in total. The molecule has 10 heteroatoms. The molecule has 7 aromatic rings. The van der Waals surface area contributed by atoms with Gasteiger partial charge in [-0.25, -0.2) is 0 Å². The van der Waals surface area contributed by atoms with Crippen LogP contribution in [0.5, 0.6) is 40.2 Å². The van der Waals surface area contributed by atoms with Crippen LogP contribution in [-0.2, 0) is 97.1 Å². The van der Waals surface area contributed by atoms with Crippen molar-refractivity contribution in [3.8, 4) is 40.2 Å². The fraction of sp³-hybridized carbons (Fsp3) is 0.506. The Hall–Kier alpha value is -6.98. The van der Waals surface area contributed by atoms with E-state index in [9.17, 15) is 25.5 Å². The second-order valence-electron chi connectivity index (χ2n) is 34.5. The summed E-state index contributed by atoms with van der Waals surface area (Å²) in [6.45, 7) is 48.4. The van der Waals surface area contributed by atoms with Crippen molar-refractivity contribution in [2.45, 2.75) is 228 Å². The predicted octanol–water partition coefficient (Wildman–Crippen LogP) is 18.6. The summed E-state index contributed by atoms with van der Waals surface area (Å²) in [5, 5.41) is 65.2. The molecule has 0 aromatic heterocycles. The van der Waals surface area contributed by atoms with Gasteiger partial charge in [-0.3, -0.25) is 0 Å². The number of hydrogen-bond acceptors (Lipinski definition) is 10. The van der Waals surface area contributed by atoms with E-state index in [1.165, 1.54) is 0 Å². The summed E-state index contributed by atoms with van der Waals surface area (Å²) in [7, 11) is 0. The van der Waals surface area contributed by atoms with Gasteiger partial charge in [-0.15, -0.1) is 0 Å². The van der Waals surface area contributed by atoms with Gasteiger partial charge in [0.25, 0.3) is 0 Å². The normalized spacial score (nSPS) is 15.7. The van der Waals surface area contributed by atoms with Gasteiger partial charge in [-0.05, 0) is 155 Å². The Labute approximate surface area is 569 Å². The van der Waals surface area contributed by atoms with E-state index in [1.807, 2.05) is 0 Å². The fourth-order valence-electron chi connectivity index (χ4n) is 13.0. The first-order chi connectivity index (χ1) is 44.0. The van der Waals surface area contributed by atoms with Gasteiger partial charge >= 0.3 is 0 Å². The van der Waals surface area contributed by atoms with Crippen molar-refractivity contribution in [1.82, 2.24) is 0 Å². The quantitative estimate of drug-likeness (QED) is 0.0994. The number of benzene rings is 7. The van der Waals surface area contributed by atoms with Crippen LogP contribution in [0.15, 0.2) is 84.9 Å². The van der Waals surface area contributed by atoms with Crippen LogP contribution in [0.1, 0.15) is 262 Å². The number of phenols is 5. The molecule has 0 amide bonds. The summed E-state index contributed by atoms with van der Waals surface area (Å²) in [5.41, 5.74) is 15.4. The highest BCUT2D eigenvalue weighted by molar-refractivity contribution is 5.62. The first-order valence-electron chi connectivity index (χ1n) is 34.6. The SMILES string of the molecule is CC(C)(C)c1cc2c(O)c(c1)Cc1cc(C(C)(C)C)cc(c1O)Cc1cc(C(C)(C)C)cc3c1OCCOCCOCCOCCOc1c(cc(C(C)(C)C)cc1Cc1cc(C(C)(C)C)cc(c1O)Cc1cc(C(C)(C)C)cc(c1O)C3)Cc1cc(C(C)(C)C)cc(c1O)C2. The molecule has 0 radical (unpaired) electrons. The maximum absolute atomic E-state index is 13.1. The largest absolute Gasteiger partial charge is 0.507 e. The molecule has 1 heterocycles. The van der Waals surface area contributed by atoms with E-state index in [0.717, 1.165) is 72.3 Å². The van der Waals surface area contributed by atoms with E-state index in [4.69, 9.17) is 23.7 Å². The Morgan fingerprint density at radius 1 is 0.200 bits per heavy atom. The summed E-state index contributed by atoms with van der Waals surface area (Å²) in [4.78, 5) is 0. The van der Waals surface area contributed by atoms with Gasteiger partial charge in [0.1, 0.15) is 53.5 Å². The van der Waals surface area contributed by atoms with Crippen molar-refractivity contribution in [1.29, 1.82) is 0 Å². The molecule has 0 unspecified atom stereocenters. The third kappa shape index (κ3) is 17.2. The van der Waals surface area contributed by atoms with Gasteiger partial charge < -0.3 is 49.2 Å². The highest BCUT2D eigenvalue weighted by Crippen LogP contribution is 2.46. The smallest absolute Gasteiger partial charge is 0.126 e. The second kappa shape index (κ2) is 27.5. The Morgan fingerprint density at radius 3 is 0.474 bits per heavy atom. The Kier molecular flexibility index (Phi) is 20.9. The van der Waals surface area contributed by atoms with E-state index in [-0.39, 0.29) is 112 Å². The zero-order chi connectivity index (χ0) is 69.7. The van der Waals surface area contributed by atoms with E-state index in [1.54, 1.807) is 0 Å². The molecule has 7 aromatic carbocycles. The standard InChI is InChI=1S/C85H112O10/c1-79(2,3)65-37-51-30-53-39-66(80(4,5)6)43-57(73(53)87)33-61-47-70(84(16,17)18)49-63-35-59-45-68(82(10,11)12)41-55(75(59)89)32-56-42-69(83(13,14)15)46-60(76(56)90)36-64-50-71(85(19,20)21)48-62(78(64)95-29-27-93-25-23-91-22-24-92-26-28-94-77(61)63)34-58-44-67(81(7,8)9)40-54(74(58)88)31-52(38-65)72(51)86/h37-50,86-90H,22-36H2,1-21H3. The number of rotatable bonds is 0. The first kappa shape index (κ1) is 72.3. The van der Waals surface area contributed by atoms with Gasteiger partial charge in [-0.2, -0.15) is 0 Å². The van der Waals surface area contributed by atoms with Gasteiger partial charge in [0.2, 0.25) is 0 Å². The molecular formula is C85H112O10. The van der Waals surface area contributed by atoms with Gasteiger partial charge in [0, 0.05) is 44.9 Å². The molecule has 16 bridgehead atoms. The third-order valence-electron chi connectivity index (χ3n) is 19.2. The Bertz CT molecular complexity index is 3700. The van der Waals surface area contributed by atoms with Crippen LogP contribution in [0, 0.1) is 0 Å². The molecule has 2 aliphatic rings. The summed E-state index contributed by atoms with van der Waals surface area (Å²) in [5.74, 6) is 1.99. The molecule has 0 saturated carbocycles. The van der Waals surface area contributed by atoms with Crippen LogP contribution in [-0.4, -0.2) is 78.4 Å². The molecule has 1 aliphatic heterocycles. The van der Waals surface area contributed by atoms with Gasteiger partial charge in [-0.1, -0.05) is 230 Å². The molecule has 9 rings (SSSR count). The lowest BCUT2D eigenvalue weighted by atomic mass is 9.79. The van der Waals surface area contributed by atoms with Crippen LogP contribution in [0.4, 0.5) is 0 Å². The summed E-state index contributed by atoms with van der Waals surface area (Å²) >= 11 is 0. The van der Waals surface area contributed by atoms with Crippen LogP contribution in [0.3, 0.4) is 0 Å². The Balaban J connectivity index is 1.41. The number of phenolic OH excluding ortho intramolecular Hbond substituents is 5. The highest BCUT2D eigenvalue weighted by atomic mass is 16.6. The van der Waals surface area contributed by atoms with Crippen LogP contribution in [0.2, 0.25) is 0 Å². The second-order valence-corrected chi connectivity index (χ2v) is 34.5. The predicted molar refractivity (Wildman–Crippen MR) is 387 cm³/mol. The maximum Gasteiger partial charge on any atom is 0.126 e. The summed E-state index contributed by atoms with van der Waals surface area (Å²) < 4.78 is 32.6. The van der Waals surface area contributed by atoms with Crippen LogP contribution >= 0.6 is 0 Å². The molecule has 0 saturated heterocycles. The molecule has 0 atom stereocenters. The minimum absolute atomic E-state index is 0.117. The number of fused-ring (bicyclic) bond motifs is 6. The fourth-order valence-corrected chi connectivity index (χ4v) is 13.0. The lowest BCUT2D eigenvalue weighted by Gasteiger charge is -2.28. The van der Waals surface area contributed by atoms with Crippen molar-refractivity contribution < 1.29 is 49.2 Å². The van der Waals surface area contributed by atoms with Crippen LogP contribution < -0.4 is 9.47 Å². The minimum Gasteiger partial charge on any atom is -0.507 e. The van der Waals surface area contributed by atoms with Crippen molar-refractivity contribution >= 4 is 0 Å². The van der Waals surface area contributed by atoms with Gasteiger partial charge in [0.15, 0.2) is 0 Å². The molecule has 5 N–H and O–H groups in total.